The SMILES string of the molecule is O=C(CSCc1ccc(C(F)(F)P(=O)(O)O)c(Br)c1)c1ccccc1. The van der Waals surface area contributed by atoms with Crippen LogP contribution in [0.3, 0.4) is 0 Å². The minimum atomic E-state index is -5.61. The molecule has 0 heterocycles. The van der Waals surface area contributed by atoms with Crippen molar-refractivity contribution in [2.75, 3.05) is 5.75 Å². The van der Waals surface area contributed by atoms with Gasteiger partial charge in [-0.3, -0.25) is 9.36 Å². The third-order valence-corrected chi connectivity index (χ3v) is 5.95. The third-order valence-electron chi connectivity index (χ3n) is 3.32. The van der Waals surface area contributed by atoms with Gasteiger partial charge < -0.3 is 9.79 Å². The molecule has 0 aliphatic rings. The highest BCUT2D eigenvalue weighted by Crippen LogP contribution is 2.60. The zero-order valence-electron chi connectivity index (χ0n) is 12.7. The number of rotatable bonds is 7. The lowest BCUT2D eigenvalue weighted by Crippen LogP contribution is -2.14. The average Bonchev–Trinajstić information content (AvgIpc) is 2.54. The van der Waals surface area contributed by atoms with Crippen LogP contribution in [0.4, 0.5) is 8.78 Å². The Kier molecular flexibility index (Phi) is 6.56. The Morgan fingerprint density at radius 3 is 2.36 bits per heavy atom. The summed E-state index contributed by atoms with van der Waals surface area (Å²) in [5, 5.41) is 0. The predicted molar refractivity (Wildman–Crippen MR) is 97.0 cm³/mol. The Balaban J connectivity index is 2.02. The van der Waals surface area contributed by atoms with E-state index >= 15 is 0 Å². The third kappa shape index (κ3) is 4.99. The maximum absolute atomic E-state index is 13.8. The Labute approximate surface area is 155 Å². The number of alkyl halides is 2. The van der Waals surface area contributed by atoms with Crippen molar-refractivity contribution in [3.63, 3.8) is 0 Å². The molecule has 0 aromatic heterocycles. The summed E-state index contributed by atoms with van der Waals surface area (Å²) in [7, 11) is -5.61. The maximum atomic E-state index is 13.8. The number of hydrogen-bond donors (Lipinski definition) is 2. The van der Waals surface area contributed by atoms with Gasteiger partial charge in [0.2, 0.25) is 0 Å². The summed E-state index contributed by atoms with van der Waals surface area (Å²) in [6.45, 7) is 0. The maximum Gasteiger partial charge on any atom is 0.399 e. The predicted octanol–water partition coefficient (Wildman–Crippen LogP) is 4.79. The normalized spacial score (nSPS) is 12.2. The molecule has 2 N–H and O–H groups in total. The Bertz CT molecular complexity index is 811. The number of halogens is 3. The van der Waals surface area contributed by atoms with Crippen molar-refractivity contribution in [3.8, 4) is 0 Å². The molecule has 0 radical (unpaired) electrons. The molecule has 0 spiro atoms. The molecule has 134 valence electrons. The van der Waals surface area contributed by atoms with E-state index in [1.807, 2.05) is 6.07 Å². The number of ketones is 1. The van der Waals surface area contributed by atoms with Crippen molar-refractivity contribution in [3.05, 3.63) is 69.7 Å². The van der Waals surface area contributed by atoms with Gasteiger partial charge in [-0.2, -0.15) is 8.78 Å². The van der Waals surface area contributed by atoms with Gasteiger partial charge in [0.05, 0.1) is 5.75 Å². The molecule has 9 heteroatoms. The van der Waals surface area contributed by atoms with E-state index in [-0.39, 0.29) is 16.0 Å². The van der Waals surface area contributed by atoms with Crippen LogP contribution in [0.5, 0.6) is 0 Å². The van der Waals surface area contributed by atoms with Gasteiger partial charge in [0.25, 0.3) is 0 Å². The molecule has 4 nitrogen and oxygen atoms in total. The van der Waals surface area contributed by atoms with Gasteiger partial charge in [0.15, 0.2) is 5.78 Å². The molecule has 0 bridgehead atoms. The van der Waals surface area contributed by atoms with Crippen molar-refractivity contribution in [2.24, 2.45) is 0 Å². The number of carbonyl (C=O) groups is 1. The lowest BCUT2D eigenvalue weighted by molar-refractivity contribution is 0.0557. The van der Waals surface area contributed by atoms with Crippen LogP contribution >= 0.6 is 35.3 Å². The second-order valence-corrected chi connectivity index (χ2v) is 8.67. The highest BCUT2D eigenvalue weighted by Gasteiger charge is 2.51. The quantitative estimate of drug-likeness (QED) is 0.468. The number of thioether (sulfide) groups is 1. The van der Waals surface area contributed by atoms with E-state index in [0.29, 0.717) is 16.9 Å². The van der Waals surface area contributed by atoms with Gasteiger partial charge in [-0.25, -0.2) is 0 Å². The Morgan fingerprint density at radius 1 is 1.16 bits per heavy atom. The van der Waals surface area contributed by atoms with Gasteiger partial charge >= 0.3 is 13.3 Å². The first-order valence-electron chi connectivity index (χ1n) is 7.01. The molecular formula is C16H14BrF2O4PS. The molecule has 2 aromatic rings. The molecule has 0 aliphatic heterocycles. The van der Waals surface area contributed by atoms with Crippen LogP contribution in [0.2, 0.25) is 0 Å². The van der Waals surface area contributed by atoms with E-state index in [1.165, 1.54) is 23.9 Å². The van der Waals surface area contributed by atoms with E-state index < -0.39 is 18.8 Å². The van der Waals surface area contributed by atoms with E-state index in [9.17, 15) is 18.1 Å². The molecule has 0 saturated carbocycles. The van der Waals surface area contributed by atoms with E-state index in [0.717, 1.165) is 6.07 Å². The first-order chi connectivity index (χ1) is 11.6. The molecule has 2 aromatic carbocycles. The fourth-order valence-corrected chi connectivity index (χ4v) is 4.22. The van der Waals surface area contributed by atoms with Gasteiger partial charge in [-0.15, -0.1) is 11.8 Å². The van der Waals surface area contributed by atoms with Crippen LogP contribution in [0.1, 0.15) is 21.5 Å². The van der Waals surface area contributed by atoms with Crippen LogP contribution in [-0.4, -0.2) is 21.3 Å². The number of benzene rings is 2. The molecule has 0 amide bonds. The summed E-state index contributed by atoms with van der Waals surface area (Å²) in [5.74, 6) is 0.607. The van der Waals surface area contributed by atoms with Gasteiger partial charge in [0.1, 0.15) is 0 Å². The molecule has 0 unspecified atom stereocenters. The Morgan fingerprint density at radius 2 is 1.80 bits per heavy atom. The summed E-state index contributed by atoms with van der Waals surface area (Å²) >= 11 is 4.26. The molecule has 25 heavy (non-hydrogen) atoms. The minimum absolute atomic E-state index is 0.0330. The molecule has 0 atom stereocenters. The average molecular weight is 451 g/mol. The van der Waals surface area contributed by atoms with Crippen molar-refractivity contribution in [1.82, 2.24) is 0 Å². The zero-order chi connectivity index (χ0) is 18.7. The smallest absolute Gasteiger partial charge is 0.320 e. The number of carbonyl (C=O) groups excluding carboxylic acids is 1. The lowest BCUT2D eigenvalue weighted by atomic mass is 10.1. The molecular weight excluding hydrogens is 437 g/mol. The first kappa shape index (κ1) is 20.3. The van der Waals surface area contributed by atoms with Crippen molar-refractivity contribution < 1.29 is 27.9 Å². The van der Waals surface area contributed by atoms with Crippen LogP contribution in [0.25, 0.3) is 0 Å². The molecule has 0 saturated heterocycles. The van der Waals surface area contributed by atoms with Gasteiger partial charge in [-0.1, -0.05) is 58.4 Å². The van der Waals surface area contributed by atoms with E-state index in [4.69, 9.17) is 9.79 Å². The fourth-order valence-electron chi connectivity index (χ4n) is 2.02. The van der Waals surface area contributed by atoms with E-state index in [2.05, 4.69) is 15.9 Å². The molecule has 0 aliphatic carbocycles. The van der Waals surface area contributed by atoms with E-state index in [1.54, 1.807) is 24.3 Å². The minimum Gasteiger partial charge on any atom is -0.320 e. The van der Waals surface area contributed by atoms with Gasteiger partial charge in [0, 0.05) is 21.4 Å². The van der Waals surface area contributed by atoms with Crippen molar-refractivity contribution in [2.45, 2.75) is 11.4 Å². The highest BCUT2D eigenvalue weighted by molar-refractivity contribution is 9.10. The van der Waals surface area contributed by atoms with Crippen molar-refractivity contribution >= 4 is 41.1 Å². The standard InChI is InChI=1S/C16H14BrF2O4PS/c17-14-8-11(6-7-13(14)16(18,19)24(21,22)23)9-25-10-15(20)12-4-2-1-3-5-12/h1-8H,9-10H2,(H2,21,22,23). The second kappa shape index (κ2) is 8.10. The molecule has 0 fully saturated rings. The second-order valence-electron chi connectivity index (χ2n) is 5.18. The summed E-state index contributed by atoms with van der Waals surface area (Å²) in [6, 6.07) is 12.5. The van der Waals surface area contributed by atoms with Gasteiger partial charge in [-0.05, 0) is 11.6 Å². The summed E-state index contributed by atoms with van der Waals surface area (Å²) in [6.07, 6.45) is 0. The summed E-state index contributed by atoms with van der Waals surface area (Å²) in [4.78, 5) is 29.6. The van der Waals surface area contributed by atoms with Crippen LogP contribution < -0.4 is 0 Å². The first-order valence-corrected chi connectivity index (χ1v) is 10.6. The van der Waals surface area contributed by atoms with Crippen LogP contribution in [0, 0.1) is 0 Å². The van der Waals surface area contributed by atoms with Crippen LogP contribution in [0.15, 0.2) is 53.0 Å². The topological polar surface area (TPSA) is 74.6 Å². The number of Topliss-reactive ketones (excluding diaryl/α,β-unsaturated/α-hetero) is 1. The molecule has 2 rings (SSSR count). The number of hydrogen-bond acceptors (Lipinski definition) is 3. The fraction of sp³-hybridized carbons (Fsp3) is 0.188. The lowest BCUT2D eigenvalue weighted by Gasteiger charge is -2.19. The van der Waals surface area contributed by atoms with Crippen LogP contribution in [-0.2, 0) is 16.0 Å². The largest absolute Gasteiger partial charge is 0.399 e. The highest BCUT2D eigenvalue weighted by atomic mass is 79.9. The Hall–Kier alpha value is -1.05. The zero-order valence-corrected chi connectivity index (χ0v) is 16.0. The monoisotopic (exact) mass is 450 g/mol. The summed E-state index contributed by atoms with van der Waals surface area (Å²) < 4.78 is 38.4. The van der Waals surface area contributed by atoms with Crippen molar-refractivity contribution in [1.29, 1.82) is 0 Å². The summed E-state index contributed by atoms with van der Waals surface area (Å²) in [5.41, 5.74) is -3.77.